The van der Waals surface area contributed by atoms with Gasteiger partial charge in [-0.05, 0) is 28.2 Å². The maximum absolute atomic E-state index is 5.64. The van der Waals surface area contributed by atoms with Gasteiger partial charge in [-0.25, -0.2) is 0 Å². The van der Waals surface area contributed by atoms with E-state index in [1.54, 1.807) is 11.8 Å². The van der Waals surface area contributed by atoms with Gasteiger partial charge in [-0.1, -0.05) is 48.2 Å². The van der Waals surface area contributed by atoms with Gasteiger partial charge in [0.1, 0.15) is 6.26 Å². The van der Waals surface area contributed by atoms with Crippen LogP contribution >= 0.6 is 11.8 Å². The van der Waals surface area contributed by atoms with Gasteiger partial charge < -0.3 is 4.42 Å². The van der Waals surface area contributed by atoms with Gasteiger partial charge in [0.25, 0.3) is 0 Å². The van der Waals surface area contributed by atoms with Gasteiger partial charge in [-0.15, -0.1) is 0 Å². The smallest absolute Gasteiger partial charge is 0.168 e. The molecule has 82 valence electrons. The van der Waals surface area contributed by atoms with Crippen LogP contribution in [0.4, 0.5) is 0 Å². The molecule has 0 unspecified atom stereocenters. The predicted molar refractivity (Wildman–Crippen MR) is 72.4 cm³/mol. The highest BCUT2D eigenvalue weighted by atomic mass is 32.2. The highest BCUT2D eigenvalue weighted by molar-refractivity contribution is 7.98. The maximum Gasteiger partial charge on any atom is 0.168 e. The lowest BCUT2D eigenvalue weighted by Crippen LogP contribution is -1.75. The molecule has 2 aromatic carbocycles. The summed E-state index contributed by atoms with van der Waals surface area (Å²) >= 11 is 1.67. The molecule has 0 aliphatic heterocycles. The molecule has 1 aromatic heterocycles. The van der Waals surface area contributed by atoms with Crippen LogP contribution in [0.15, 0.2) is 52.2 Å². The Labute approximate surface area is 103 Å². The first-order valence-electron chi connectivity index (χ1n) is 5.58. The summed E-state index contributed by atoms with van der Waals surface area (Å²) < 4.78 is 5.64. The van der Waals surface area contributed by atoms with Gasteiger partial charge >= 0.3 is 0 Å². The van der Waals surface area contributed by atoms with Crippen LogP contribution in [0.5, 0.6) is 0 Å². The first-order valence-corrected chi connectivity index (χ1v) is 6.80. The average Bonchev–Trinajstić information content (AvgIpc) is 2.92. The zero-order valence-corrected chi connectivity index (χ0v) is 10.2. The van der Waals surface area contributed by atoms with E-state index in [9.17, 15) is 0 Å². The summed E-state index contributed by atoms with van der Waals surface area (Å²) in [6.07, 6.45) is 3.94. The van der Waals surface area contributed by atoms with Gasteiger partial charge in [-0.3, -0.25) is 0 Å². The second-order valence-corrected chi connectivity index (χ2v) is 5.00. The van der Waals surface area contributed by atoms with E-state index in [4.69, 9.17) is 4.42 Å². The van der Waals surface area contributed by atoms with Gasteiger partial charge in [0.15, 0.2) is 5.09 Å². The Bertz CT molecular complexity index is 735. The lowest BCUT2D eigenvalue weighted by molar-refractivity contribution is 0.477. The molecular formula is C15H10OS. The summed E-state index contributed by atoms with van der Waals surface area (Å²) in [5.74, 6) is 0. The fourth-order valence-electron chi connectivity index (χ4n) is 2.72. The second-order valence-electron chi connectivity index (χ2n) is 4.23. The molecule has 1 nitrogen and oxygen atoms in total. The van der Waals surface area contributed by atoms with Crippen LogP contribution in [0.2, 0.25) is 0 Å². The van der Waals surface area contributed by atoms with Crippen LogP contribution in [0.3, 0.4) is 0 Å². The molecule has 0 N–H and O–H groups in total. The Hall–Kier alpha value is -1.67. The quantitative estimate of drug-likeness (QED) is 0.442. The third-order valence-corrected chi connectivity index (χ3v) is 4.08. The van der Waals surface area contributed by atoms with Crippen LogP contribution < -0.4 is 0 Å². The molecule has 1 heterocycles. The van der Waals surface area contributed by atoms with Gasteiger partial charge in [0, 0.05) is 11.1 Å². The molecule has 0 atom stereocenters. The Balaban J connectivity index is 2.23. The highest BCUT2D eigenvalue weighted by Crippen LogP contribution is 2.51. The Morgan fingerprint density at radius 3 is 2.47 bits per heavy atom. The van der Waals surface area contributed by atoms with Crippen molar-refractivity contribution >= 4 is 22.5 Å². The van der Waals surface area contributed by atoms with E-state index in [1.807, 2.05) is 6.26 Å². The molecular weight excluding hydrogens is 228 g/mol. The zero-order valence-electron chi connectivity index (χ0n) is 9.36. The lowest BCUT2D eigenvalue weighted by Gasteiger charge is -2.02. The molecule has 0 amide bonds. The summed E-state index contributed by atoms with van der Waals surface area (Å²) in [6.45, 7) is 0. The van der Waals surface area contributed by atoms with E-state index in [-0.39, 0.29) is 0 Å². The van der Waals surface area contributed by atoms with Crippen LogP contribution in [0.1, 0.15) is 0 Å². The molecule has 1 aliphatic rings. The largest absolute Gasteiger partial charge is 0.457 e. The first kappa shape index (κ1) is 9.37. The topological polar surface area (TPSA) is 13.1 Å². The first-order chi connectivity index (χ1) is 8.40. The van der Waals surface area contributed by atoms with Crippen molar-refractivity contribution in [3.8, 4) is 22.3 Å². The number of furan rings is 1. The summed E-state index contributed by atoms with van der Waals surface area (Å²) in [5, 5.41) is 3.69. The van der Waals surface area contributed by atoms with Crippen molar-refractivity contribution < 1.29 is 4.42 Å². The summed E-state index contributed by atoms with van der Waals surface area (Å²) in [6, 6.07) is 12.9. The van der Waals surface area contributed by atoms with Crippen LogP contribution in [-0.4, -0.2) is 6.26 Å². The molecule has 2 heteroatoms. The van der Waals surface area contributed by atoms with Gasteiger partial charge in [0.05, 0.1) is 0 Å². The number of fused-ring (bicyclic) bond motifs is 3. The minimum atomic E-state index is 1.02. The molecule has 0 spiro atoms. The molecule has 0 fully saturated rings. The molecule has 0 saturated carbocycles. The number of thioether (sulfide) groups is 1. The van der Waals surface area contributed by atoms with Crippen molar-refractivity contribution in [1.82, 2.24) is 0 Å². The minimum Gasteiger partial charge on any atom is -0.457 e. The van der Waals surface area contributed by atoms with Crippen LogP contribution in [0, 0.1) is 0 Å². The molecule has 4 rings (SSSR count). The third kappa shape index (κ3) is 1.06. The van der Waals surface area contributed by atoms with Crippen molar-refractivity contribution in [2.45, 2.75) is 5.09 Å². The number of rotatable bonds is 1. The average molecular weight is 238 g/mol. The van der Waals surface area contributed by atoms with E-state index in [2.05, 4.69) is 42.7 Å². The monoisotopic (exact) mass is 238 g/mol. The summed E-state index contributed by atoms with van der Waals surface area (Å²) in [4.78, 5) is 0. The maximum atomic E-state index is 5.64. The molecule has 0 radical (unpaired) electrons. The molecule has 17 heavy (non-hydrogen) atoms. The summed E-state index contributed by atoms with van der Waals surface area (Å²) in [5.41, 5.74) is 5.12. The van der Waals surface area contributed by atoms with E-state index in [0.717, 1.165) is 5.09 Å². The van der Waals surface area contributed by atoms with Crippen LogP contribution in [-0.2, 0) is 0 Å². The fourth-order valence-corrected chi connectivity index (χ4v) is 3.29. The van der Waals surface area contributed by atoms with Gasteiger partial charge in [-0.2, -0.15) is 0 Å². The third-order valence-electron chi connectivity index (χ3n) is 3.41. The molecule has 0 bridgehead atoms. The Kier molecular flexibility index (Phi) is 1.75. The van der Waals surface area contributed by atoms with E-state index in [1.165, 1.54) is 33.0 Å². The normalized spacial score (nSPS) is 12.1. The molecule has 1 aliphatic carbocycles. The Morgan fingerprint density at radius 2 is 1.71 bits per heavy atom. The minimum absolute atomic E-state index is 1.02. The molecule has 3 aromatic rings. The second kappa shape index (κ2) is 3.17. The number of hydrogen-bond donors (Lipinski definition) is 0. The van der Waals surface area contributed by atoms with E-state index in [0.29, 0.717) is 0 Å². The highest BCUT2D eigenvalue weighted by Gasteiger charge is 2.26. The lowest BCUT2D eigenvalue weighted by atomic mass is 10.0. The zero-order chi connectivity index (χ0) is 11.4. The standard InChI is InChI=1S/C15H10OS/c1-17-15-14-11-7-3-5-9-4-2-6-10(13(9)11)12(14)8-16-15/h2-8H,1H3. The number of benzene rings is 2. The predicted octanol–water partition coefficient (Wildman–Crippen LogP) is 4.80. The van der Waals surface area contributed by atoms with E-state index < -0.39 is 0 Å². The van der Waals surface area contributed by atoms with Gasteiger partial charge in [0.2, 0.25) is 0 Å². The Morgan fingerprint density at radius 1 is 0.941 bits per heavy atom. The van der Waals surface area contributed by atoms with Crippen LogP contribution in [0.25, 0.3) is 33.0 Å². The van der Waals surface area contributed by atoms with E-state index >= 15 is 0 Å². The fraction of sp³-hybridized carbons (Fsp3) is 0.0667. The van der Waals surface area contributed by atoms with Crippen molar-refractivity contribution in [3.63, 3.8) is 0 Å². The molecule has 0 saturated heterocycles. The SMILES string of the molecule is CSc1occ2c1-c1cccc3cccc-2c13. The number of hydrogen-bond acceptors (Lipinski definition) is 2. The van der Waals surface area contributed by atoms with Crippen molar-refractivity contribution in [2.24, 2.45) is 0 Å². The van der Waals surface area contributed by atoms with Crippen molar-refractivity contribution in [1.29, 1.82) is 0 Å². The summed E-state index contributed by atoms with van der Waals surface area (Å²) in [7, 11) is 0. The van der Waals surface area contributed by atoms with Crippen molar-refractivity contribution in [2.75, 3.05) is 6.26 Å². The van der Waals surface area contributed by atoms with Crippen molar-refractivity contribution in [3.05, 3.63) is 42.7 Å².